The van der Waals surface area contributed by atoms with E-state index in [1.807, 2.05) is 13.8 Å². The second-order valence-electron chi connectivity index (χ2n) is 4.75. The Labute approximate surface area is 79.7 Å². The first-order valence-corrected chi connectivity index (χ1v) is 5.31. The molecule has 2 heteroatoms. The number of rotatable bonds is 4. The maximum atomic E-state index is 11.6. The van der Waals surface area contributed by atoms with Gasteiger partial charge in [-0.25, -0.2) is 0 Å². The van der Waals surface area contributed by atoms with Crippen LogP contribution in [0.2, 0.25) is 0 Å². The van der Waals surface area contributed by atoms with Gasteiger partial charge in [0.2, 0.25) is 0 Å². The van der Waals surface area contributed by atoms with E-state index in [1.54, 1.807) is 0 Å². The third-order valence-corrected chi connectivity index (χ3v) is 3.26. The number of hydrogen-bond acceptors (Lipinski definition) is 2. The minimum absolute atomic E-state index is 0.180. The Bertz CT molecular complexity index is 200. The molecule has 2 nitrogen and oxygen atoms in total. The first kappa shape index (κ1) is 9.20. The van der Waals surface area contributed by atoms with Crippen molar-refractivity contribution in [1.29, 1.82) is 0 Å². The van der Waals surface area contributed by atoms with E-state index in [4.69, 9.17) is 4.74 Å². The van der Waals surface area contributed by atoms with Crippen LogP contribution in [0.3, 0.4) is 0 Å². The predicted molar refractivity (Wildman–Crippen MR) is 50.4 cm³/mol. The molecule has 0 bridgehead atoms. The Kier molecular flexibility index (Phi) is 2.41. The van der Waals surface area contributed by atoms with E-state index in [2.05, 4.69) is 0 Å². The minimum Gasteiger partial charge on any atom is -0.371 e. The van der Waals surface area contributed by atoms with Crippen molar-refractivity contribution in [2.24, 2.45) is 17.8 Å². The first-order valence-electron chi connectivity index (χ1n) is 5.31. The Morgan fingerprint density at radius 1 is 1.31 bits per heavy atom. The summed E-state index contributed by atoms with van der Waals surface area (Å²) in [5, 5.41) is 0. The maximum Gasteiger partial charge on any atom is 0.161 e. The van der Waals surface area contributed by atoms with E-state index in [9.17, 15) is 4.79 Å². The smallest absolute Gasteiger partial charge is 0.161 e. The summed E-state index contributed by atoms with van der Waals surface area (Å²) in [4.78, 5) is 11.6. The van der Waals surface area contributed by atoms with Crippen LogP contribution in [-0.2, 0) is 9.53 Å². The quantitative estimate of drug-likeness (QED) is 0.665. The lowest BCUT2D eigenvalue weighted by Gasteiger charge is -2.12. The number of ether oxygens (including phenoxy) is 1. The molecule has 2 rings (SSSR count). The van der Waals surface area contributed by atoms with Crippen molar-refractivity contribution in [3.63, 3.8) is 0 Å². The molecule has 0 aromatic heterocycles. The summed E-state index contributed by atoms with van der Waals surface area (Å²) in [6.45, 7) is 4.28. The van der Waals surface area contributed by atoms with Gasteiger partial charge in [-0.05, 0) is 44.9 Å². The number of carbonyl (C=O) groups is 1. The molecular weight excluding hydrogens is 164 g/mol. The maximum absolute atomic E-state index is 11.6. The number of hydrogen-bond donors (Lipinski definition) is 0. The standard InChI is InChI=1S/C11H18O2/c1-7(2)13-6-11(12)10-4-8-3-9(8)5-10/h7-10H,3-6H2,1-2H3. The van der Waals surface area contributed by atoms with Gasteiger partial charge in [0.25, 0.3) is 0 Å². The first-order chi connectivity index (χ1) is 6.16. The van der Waals surface area contributed by atoms with E-state index in [-0.39, 0.29) is 6.10 Å². The van der Waals surface area contributed by atoms with Crippen LogP contribution in [0.25, 0.3) is 0 Å². The van der Waals surface area contributed by atoms with E-state index < -0.39 is 0 Å². The molecule has 13 heavy (non-hydrogen) atoms. The van der Waals surface area contributed by atoms with Crippen molar-refractivity contribution in [3.8, 4) is 0 Å². The lowest BCUT2D eigenvalue weighted by molar-refractivity contribution is -0.129. The van der Waals surface area contributed by atoms with Crippen molar-refractivity contribution in [2.45, 2.75) is 39.2 Å². The number of Topliss-reactive ketones (excluding diaryl/α,β-unsaturated/α-hetero) is 1. The zero-order valence-electron chi connectivity index (χ0n) is 8.45. The van der Waals surface area contributed by atoms with E-state index in [0.717, 1.165) is 24.7 Å². The Hall–Kier alpha value is -0.370. The summed E-state index contributed by atoms with van der Waals surface area (Å²) < 4.78 is 5.32. The summed E-state index contributed by atoms with van der Waals surface area (Å²) in [6, 6.07) is 0. The summed E-state index contributed by atoms with van der Waals surface area (Å²) in [5.41, 5.74) is 0. The van der Waals surface area contributed by atoms with Gasteiger partial charge in [-0.1, -0.05) is 0 Å². The van der Waals surface area contributed by atoms with Crippen molar-refractivity contribution >= 4 is 5.78 Å². The van der Waals surface area contributed by atoms with Gasteiger partial charge in [0.1, 0.15) is 6.61 Å². The van der Waals surface area contributed by atoms with Crippen LogP contribution < -0.4 is 0 Å². The fourth-order valence-corrected chi connectivity index (χ4v) is 2.34. The van der Waals surface area contributed by atoms with Gasteiger partial charge in [-0.3, -0.25) is 4.79 Å². The predicted octanol–water partition coefficient (Wildman–Crippen LogP) is 2.03. The van der Waals surface area contributed by atoms with Gasteiger partial charge < -0.3 is 4.74 Å². The molecule has 2 aliphatic carbocycles. The molecule has 2 fully saturated rings. The summed E-state index contributed by atoms with van der Waals surface area (Å²) in [7, 11) is 0. The van der Waals surface area contributed by atoms with Gasteiger partial charge in [-0.2, -0.15) is 0 Å². The van der Waals surface area contributed by atoms with Crippen LogP contribution in [-0.4, -0.2) is 18.5 Å². The number of ketones is 1. The van der Waals surface area contributed by atoms with E-state index in [1.165, 1.54) is 6.42 Å². The van der Waals surface area contributed by atoms with Gasteiger partial charge in [0, 0.05) is 5.92 Å². The van der Waals surface area contributed by atoms with Crippen LogP contribution in [0.5, 0.6) is 0 Å². The zero-order chi connectivity index (χ0) is 9.42. The van der Waals surface area contributed by atoms with Gasteiger partial charge >= 0.3 is 0 Å². The lowest BCUT2D eigenvalue weighted by atomic mass is 9.99. The van der Waals surface area contributed by atoms with Crippen LogP contribution in [0.4, 0.5) is 0 Å². The Morgan fingerprint density at radius 2 is 1.92 bits per heavy atom. The molecule has 0 N–H and O–H groups in total. The van der Waals surface area contributed by atoms with E-state index in [0.29, 0.717) is 18.3 Å². The highest BCUT2D eigenvalue weighted by atomic mass is 16.5. The van der Waals surface area contributed by atoms with Crippen molar-refractivity contribution in [1.82, 2.24) is 0 Å². The third kappa shape index (κ3) is 2.11. The molecular formula is C11H18O2. The van der Waals surface area contributed by atoms with E-state index >= 15 is 0 Å². The van der Waals surface area contributed by atoms with Crippen molar-refractivity contribution in [2.75, 3.05) is 6.61 Å². The third-order valence-electron chi connectivity index (χ3n) is 3.26. The van der Waals surface area contributed by atoms with Crippen molar-refractivity contribution in [3.05, 3.63) is 0 Å². The van der Waals surface area contributed by atoms with Crippen LogP contribution in [0.15, 0.2) is 0 Å². The summed E-state index contributed by atoms with van der Waals surface area (Å²) in [5.74, 6) is 2.46. The van der Waals surface area contributed by atoms with Gasteiger partial charge in [0.15, 0.2) is 5.78 Å². The largest absolute Gasteiger partial charge is 0.371 e. The second kappa shape index (κ2) is 3.41. The molecule has 2 atom stereocenters. The topological polar surface area (TPSA) is 26.3 Å². The summed E-state index contributed by atoms with van der Waals surface area (Å²) in [6.07, 6.45) is 3.85. The number of carbonyl (C=O) groups excluding carboxylic acids is 1. The molecule has 2 saturated carbocycles. The average molecular weight is 182 g/mol. The molecule has 0 aromatic rings. The molecule has 2 aliphatic rings. The van der Waals surface area contributed by atoms with Crippen molar-refractivity contribution < 1.29 is 9.53 Å². The van der Waals surface area contributed by atoms with Crippen LogP contribution >= 0.6 is 0 Å². The Morgan fingerprint density at radius 3 is 2.46 bits per heavy atom. The fraction of sp³-hybridized carbons (Fsp3) is 0.909. The SMILES string of the molecule is CC(C)OCC(=O)C1CC2CC2C1. The monoisotopic (exact) mass is 182 g/mol. The van der Waals surface area contributed by atoms with Crippen LogP contribution in [0, 0.1) is 17.8 Å². The normalized spacial score (nSPS) is 36.4. The molecule has 0 saturated heterocycles. The minimum atomic E-state index is 0.180. The zero-order valence-corrected chi connectivity index (χ0v) is 8.45. The number of fused-ring (bicyclic) bond motifs is 1. The average Bonchev–Trinajstić information content (AvgIpc) is 2.69. The van der Waals surface area contributed by atoms with Gasteiger partial charge in [-0.15, -0.1) is 0 Å². The highest BCUT2D eigenvalue weighted by Gasteiger charge is 2.47. The molecule has 0 aromatic carbocycles. The second-order valence-corrected chi connectivity index (χ2v) is 4.75. The fourth-order valence-electron chi connectivity index (χ4n) is 2.34. The summed E-state index contributed by atoms with van der Waals surface area (Å²) >= 11 is 0. The molecule has 2 unspecified atom stereocenters. The lowest BCUT2D eigenvalue weighted by Crippen LogP contribution is -2.20. The molecule has 0 amide bonds. The highest BCUT2D eigenvalue weighted by Crippen LogP contribution is 2.54. The molecule has 0 spiro atoms. The molecule has 0 heterocycles. The Balaban J connectivity index is 1.71. The van der Waals surface area contributed by atoms with Gasteiger partial charge in [0.05, 0.1) is 6.10 Å². The molecule has 74 valence electrons. The van der Waals surface area contributed by atoms with Crippen LogP contribution in [0.1, 0.15) is 33.1 Å². The molecule has 0 radical (unpaired) electrons. The molecule has 0 aliphatic heterocycles. The highest BCUT2D eigenvalue weighted by molar-refractivity contribution is 5.82.